The molecule has 0 radical (unpaired) electrons. The van der Waals surface area contributed by atoms with Gasteiger partial charge in [0.1, 0.15) is 0 Å². The molecule has 2 rings (SSSR count). The van der Waals surface area contributed by atoms with Crippen LogP contribution in [0.4, 0.5) is 4.79 Å². The third-order valence-corrected chi connectivity index (χ3v) is 3.10. The Morgan fingerprint density at radius 1 is 1.29 bits per heavy atom. The van der Waals surface area contributed by atoms with Crippen LogP contribution in [0.2, 0.25) is 0 Å². The van der Waals surface area contributed by atoms with E-state index in [4.69, 9.17) is 0 Å². The van der Waals surface area contributed by atoms with Crippen molar-refractivity contribution in [3.8, 4) is 0 Å². The van der Waals surface area contributed by atoms with Crippen LogP contribution in [0.5, 0.6) is 0 Å². The van der Waals surface area contributed by atoms with Gasteiger partial charge in [-0.05, 0) is 44.2 Å². The van der Waals surface area contributed by atoms with E-state index in [0.29, 0.717) is 0 Å². The highest BCUT2D eigenvalue weighted by atomic mass is 16.2. The maximum atomic E-state index is 11.6. The lowest BCUT2D eigenvalue weighted by atomic mass is 9.88. The van der Waals surface area contributed by atoms with Crippen LogP contribution in [0.3, 0.4) is 0 Å². The zero-order valence-electron chi connectivity index (χ0n) is 10.5. The van der Waals surface area contributed by atoms with E-state index in [1.165, 1.54) is 11.1 Å². The number of benzene rings is 1. The number of nitrogens with one attached hydrogen (secondary N) is 2. The fourth-order valence-electron chi connectivity index (χ4n) is 2.31. The van der Waals surface area contributed by atoms with E-state index >= 15 is 0 Å². The summed E-state index contributed by atoms with van der Waals surface area (Å²) in [5.41, 5.74) is 2.79. The van der Waals surface area contributed by atoms with Crippen LogP contribution in [0.1, 0.15) is 31.4 Å². The van der Waals surface area contributed by atoms with Crippen LogP contribution >= 0.6 is 0 Å². The van der Waals surface area contributed by atoms with Gasteiger partial charge >= 0.3 is 6.03 Å². The summed E-state index contributed by atoms with van der Waals surface area (Å²) in [7, 11) is 0. The molecule has 1 atom stereocenters. The molecule has 1 unspecified atom stereocenters. The van der Waals surface area contributed by atoms with Crippen molar-refractivity contribution in [3.05, 3.63) is 35.4 Å². The lowest BCUT2D eigenvalue weighted by Gasteiger charge is -2.26. The minimum Gasteiger partial charge on any atom is -0.336 e. The highest BCUT2D eigenvalue weighted by molar-refractivity contribution is 5.74. The highest BCUT2D eigenvalue weighted by Gasteiger charge is 2.19. The predicted molar refractivity (Wildman–Crippen MR) is 69.1 cm³/mol. The second-order valence-corrected chi connectivity index (χ2v) is 4.98. The lowest BCUT2D eigenvalue weighted by molar-refractivity contribution is 0.233. The molecule has 0 saturated heterocycles. The summed E-state index contributed by atoms with van der Waals surface area (Å²) < 4.78 is 0. The van der Waals surface area contributed by atoms with Gasteiger partial charge in [-0.2, -0.15) is 0 Å². The zero-order valence-corrected chi connectivity index (χ0v) is 10.5. The van der Waals surface area contributed by atoms with Gasteiger partial charge in [0.15, 0.2) is 0 Å². The largest absolute Gasteiger partial charge is 0.336 e. The zero-order chi connectivity index (χ0) is 12.3. The van der Waals surface area contributed by atoms with E-state index in [0.717, 1.165) is 19.3 Å². The monoisotopic (exact) mass is 232 g/mol. The molecule has 17 heavy (non-hydrogen) atoms. The van der Waals surface area contributed by atoms with E-state index in [2.05, 4.69) is 34.9 Å². The van der Waals surface area contributed by atoms with Crippen LogP contribution in [0.15, 0.2) is 24.3 Å². The number of hydrogen-bond donors (Lipinski definition) is 2. The molecule has 0 bridgehead atoms. The van der Waals surface area contributed by atoms with Gasteiger partial charge in [-0.3, -0.25) is 0 Å². The van der Waals surface area contributed by atoms with E-state index < -0.39 is 0 Å². The van der Waals surface area contributed by atoms with Gasteiger partial charge in [0.2, 0.25) is 0 Å². The number of fused-ring (bicyclic) bond motifs is 1. The molecular formula is C14H20N2O. The number of hydrogen-bond acceptors (Lipinski definition) is 1. The van der Waals surface area contributed by atoms with Crippen LogP contribution in [-0.4, -0.2) is 18.1 Å². The van der Waals surface area contributed by atoms with Gasteiger partial charge in [0.25, 0.3) is 0 Å². The Kier molecular flexibility index (Phi) is 3.67. The van der Waals surface area contributed by atoms with Crippen molar-refractivity contribution < 1.29 is 4.79 Å². The maximum absolute atomic E-state index is 11.6. The number of amides is 2. The van der Waals surface area contributed by atoms with Gasteiger partial charge in [-0.25, -0.2) is 4.79 Å². The smallest absolute Gasteiger partial charge is 0.315 e. The Balaban J connectivity index is 1.92. The minimum atomic E-state index is -0.0515. The number of urea groups is 1. The van der Waals surface area contributed by atoms with Crippen molar-refractivity contribution in [1.29, 1.82) is 0 Å². The molecule has 2 amide bonds. The summed E-state index contributed by atoms with van der Waals surface area (Å²) in [6, 6.07) is 8.88. The molecule has 0 fully saturated rings. The summed E-state index contributed by atoms with van der Waals surface area (Å²) in [5.74, 6) is 0. The third-order valence-electron chi connectivity index (χ3n) is 3.10. The van der Waals surface area contributed by atoms with Crippen molar-refractivity contribution in [1.82, 2.24) is 10.6 Å². The molecule has 0 saturated carbocycles. The average molecular weight is 232 g/mol. The SMILES string of the molecule is CC(C)NC(=O)NC1CCc2ccccc2C1. The molecule has 0 heterocycles. The molecule has 1 aliphatic carbocycles. The number of rotatable bonds is 2. The summed E-state index contributed by atoms with van der Waals surface area (Å²) in [6.07, 6.45) is 3.03. The molecule has 0 aliphatic heterocycles. The Labute approximate surface area is 103 Å². The first-order valence-electron chi connectivity index (χ1n) is 6.29. The molecule has 1 aromatic carbocycles. The van der Waals surface area contributed by atoms with E-state index in [-0.39, 0.29) is 18.1 Å². The predicted octanol–water partition coefficient (Wildman–Crippen LogP) is 2.25. The van der Waals surface area contributed by atoms with Crippen LogP contribution in [0.25, 0.3) is 0 Å². The topological polar surface area (TPSA) is 41.1 Å². The maximum Gasteiger partial charge on any atom is 0.315 e. The van der Waals surface area contributed by atoms with Gasteiger partial charge in [-0.15, -0.1) is 0 Å². The normalized spacial score (nSPS) is 18.6. The van der Waals surface area contributed by atoms with Gasteiger partial charge in [0.05, 0.1) is 0 Å². The quantitative estimate of drug-likeness (QED) is 0.806. The summed E-state index contributed by atoms with van der Waals surface area (Å²) in [6.45, 7) is 3.94. The van der Waals surface area contributed by atoms with Crippen molar-refractivity contribution in [2.24, 2.45) is 0 Å². The number of carbonyl (C=O) groups excluding carboxylic acids is 1. The molecular weight excluding hydrogens is 212 g/mol. The fraction of sp³-hybridized carbons (Fsp3) is 0.500. The Morgan fingerprint density at radius 2 is 2.00 bits per heavy atom. The third kappa shape index (κ3) is 3.22. The first-order chi connectivity index (χ1) is 8.15. The fourth-order valence-corrected chi connectivity index (χ4v) is 2.31. The molecule has 0 spiro atoms. The summed E-state index contributed by atoms with van der Waals surface area (Å²) in [4.78, 5) is 11.6. The average Bonchev–Trinajstić information content (AvgIpc) is 2.27. The molecule has 1 aliphatic rings. The standard InChI is InChI=1S/C14H20N2O/c1-10(2)15-14(17)16-13-8-7-11-5-3-4-6-12(11)9-13/h3-6,10,13H,7-9H2,1-2H3,(H2,15,16,17). The Morgan fingerprint density at radius 3 is 2.71 bits per heavy atom. The van der Waals surface area contributed by atoms with Crippen molar-refractivity contribution in [2.45, 2.75) is 45.2 Å². The van der Waals surface area contributed by atoms with Crippen LogP contribution in [-0.2, 0) is 12.8 Å². The van der Waals surface area contributed by atoms with Gasteiger partial charge in [0, 0.05) is 12.1 Å². The molecule has 3 nitrogen and oxygen atoms in total. The Bertz CT molecular complexity index is 401. The summed E-state index contributed by atoms with van der Waals surface area (Å²) >= 11 is 0. The van der Waals surface area contributed by atoms with Crippen molar-refractivity contribution in [2.75, 3.05) is 0 Å². The van der Waals surface area contributed by atoms with E-state index in [1.807, 2.05) is 13.8 Å². The Hall–Kier alpha value is -1.51. The highest BCUT2D eigenvalue weighted by Crippen LogP contribution is 2.20. The second kappa shape index (κ2) is 5.21. The second-order valence-electron chi connectivity index (χ2n) is 4.98. The molecule has 1 aromatic rings. The van der Waals surface area contributed by atoms with Crippen LogP contribution in [0, 0.1) is 0 Å². The van der Waals surface area contributed by atoms with Crippen molar-refractivity contribution in [3.63, 3.8) is 0 Å². The number of aryl methyl sites for hydroxylation is 1. The molecule has 0 aromatic heterocycles. The van der Waals surface area contributed by atoms with E-state index in [9.17, 15) is 4.79 Å². The first-order valence-corrected chi connectivity index (χ1v) is 6.29. The lowest BCUT2D eigenvalue weighted by Crippen LogP contribution is -2.46. The molecule has 92 valence electrons. The van der Waals surface area contributed by atoms with Crippen molar-refractivity contribution >= 4 is 6.03 Å². The first kappa shape index (κ1) is 12.0. The van der Waals surface area contributed by atoms with Crippen LogP contribution < -0.4 is 10.6 Å². The van der Waals surface area contributed by atoms with Gasteiger partial charge < -0.3 is 10.6 Å². The van der Waals surface area contributed by atoms with Gasteiger partial charge in [-0.1, -0.05) is 24.3 Å². The minimum absolute atomic E-state index is 0.0515. The summed E-state index contributed by atoms with van der Waals surface area (Å²) in [5, 5.41) is 5.90. The van der Waals surface area contributed by atoms with E-state index in [1.54, 1.807) is 0 Å². The molecule has 3 heteroatoms. The number of carbonyl (C=O) groups is 1. The molecule has 2 N–H and O–H groups in total.